The monoisotopic (exact) mass is 541 g/mol. The van der Waals surface area contributed by atoms with Gasteiger partial charge in [0.2, 0.25) is 0 Å². The van der Waals surface area contributed by atoms with Gasteiger partial charge in [-0.2, -0.15) is 0 Å². The zero-order valence-electron chi connectivity index (χ0n) is 20.6. The second-order valence-electron chi connectivity index (χ2n) is 8.70. The third kappa shape index (κ3) is 5.73. The first-order chi connectivity index (χ1) is 18.8. The lowest BCUT2D eigenvalue weighted by Gasteiger charge is -2.15. The summed E-state index contributed by atoms with van der Waals surface area (Å²) in [5.74, 6) is -2.41. The molecular formula is C30H21F2N3O3S. The van der Waals surface area contributed by atoms with E-state index in [4.69, 9.17) is 0 Å². The second-order valence-corrected chi connectivity index (χ2v) is 9.79. The van der Waals surface area contributed by atoms with Crippen molar-refractivity contribution in [2.45, 2.75) is 11.8 Å². The van der Waals surface area contributed by atoms with E-state index in [1.807, 2.05) is 31.2 Å². The molecule has 0 aliphatic carbocycles. The topological polar surface area (TPSA) is 78.5 Å². The summed E-state index contributed by atoms with van der Waals surface area (Å²) in [6.45, 7) is 1.94. The van der Waals surface area contributed by atoms with Gasteiger partial charge in [-0.1, -0.05) is 29.5 Å². The van der Waals surface area contributed by atoms with E-state index in [-0.39, 0.29) is 16.3 Å². The molecule has 0 radical (unpaired) electrons. The molecule has 0 fully saturated rings. The average molecular weight is 542 g/mol. The van der Waals surface area contributed by atoms with Gasteiger partial charge in [-0.25, -0.2) is 13.7 Å². The highest BCUT2D eigenvalue weighted by molar-refractivity contribution is 8.04. The highest BCUT2D eigenvalue weighted by Gasteiger charge is 2.40. The molecule has 4 aromatic carbocycles. The Bertz CT molecular complexity index is 1590. The number of halogens is 2. The Kier molecular flexibility index (Phi) is 7.25. The van der Waals surface area contributed by atoms with Crippen molar-refractivity contribution < 1.29 is 23.2 Å². The van der Waals surface area contributed by atoms with E-state index in [1.165, 1.54) is 48.5 Å². The number of carbonyl (C=O) groups excluding carboxylic acids is 3. The van der Waals surface area contributed by atoms with Crippen LogP contribution in [0.1, 0.15) is 15.9 Å². The molecule has 0 saturated carbocycles. The predicted octanol–water partition coefficient (Wildman–Crippen LogP) is 6.51. The molecule has 0 spiro atoms. The molecular weight excluding hydrogens is 520 g/mol. The molecule has 9 heteroatoms. The molecule has 1 heterocycles. The summed E-state index contributed by atoms with van der Waals surface area (Å²) in [5.41, 5.74) is 2.84. The SMILES string of the molecule is Cc1ccc(NC2=C(Sc3ccc(NC(=O)c4ccc(F)cc4)cc3)C(=O)N(c3ccc(F)cc3)C2=O)cc1. The van der Waals surface area contributed by atoms with E-state index < -0.39 is 29.4 Å². The predicted molar refractivity (Wildman–Crippen MR) is 147 cm³/mol. The van der Waals surface area contributed by atoms with Crippen LogP contribution in [0.5, 0.6) is 0 Å². The van der Waals surface area contributed by atoms with Crippen LogP contribution in [0.3, 0.4) is 0 Å². The molecule has 5 rings (SSSR count). The van der Waals surface area contributed by atoms with Crippen molar-refractivity contribution in [3.8, 4) is 0 Å². The number of amides is 3. The minimum absolute atomic E-state index is 0.104. The minimum Gasteiger partial charge on any atom is -0.350 e. The number of rotatable bonds is 7. The average Bonchev–Trinajstić information content (AvgIpc) is 3.15. The Morgan fingerprint density at radius 3 is 1.90 bits per heavy atom. The number of anilines is 3. The van der Waals surface area contributed by atoms with Gasteiger partial charge in [-0.3, -0.25) is 14.4 Å². The van der Waals surface area contributed by atoms with Crippen molar-refractivity contribution in [2.75, 3.05) is 15.5 Å². The summed E-state index contributed by atoms with van der Waals surface area (Å²) in [5, 5.41) is 5.82. The molecule has 1 aliphatic rings. The summed E-state index contributed by atoms with van der Waals surface area (Å²) >= 11 is 1.10. The number of carbonyl (C=O) groups is 3. The van der Waals surface area contributed by atoms with Crippen molar-refractivity contribution in [2.24, 2.45) is 0 Å². The van der Waals surface area contributed by atoms with Crippen molar-refractivity contribution >= 4 is 46.5 Å². The Hall–Kier alpha value is -4.76. The highest BCUT2D eigenvalue weighted by Crippen LogP contribution is 2.38. The van der Waals surface area contributed by atoms with Gasteiger partial charge >= 0.3 is 0 Å². The third-order valence-corrected chi connectivity index (χ3v) is 6.98. The van der Waals surface area contributed by atoms with Crippen LogP contribution in [0.15, 0.2) is 113 Å². The van der Waals surface area contributed by atoms with E-state index in [1.54, 1.807) is 24.3 Å². The largest absolute Gasteiger partial charge is 0.350 e. The Morgan fingerprint density at radius 2 is 1.28 bits per heavy atom. The van der Waals surface area contributed by atoms with Gasteiger partial charge in [0.15, 0.2) is 0 Å². The van der Waals surface area contributed by atoms with Crippen LogP contribution in [0.25, 0.3) is 0 Å². The standard InChI is InChI=1S/C30H21F2N3O3S/c1-18-2-10-22(11-3-18)33-26-27(30(38)35(29(26)37)24-14-8-21(32)9-15-24)39-25-16-12-23(13-17-25)34-28(36)19-4-6-20(31)7-5-19/h2-17,33H,1H3,(H,34,36). The van der Waals surface area contributed by atoms with Crippen molar-refractivity contribution in [3.05, 3.63) is 130 Å². The summed E-state index contributed by atoms with van der Waals surface area (Å²) in [4.78, 5) is 41.1. The molecule has 0 aromatic heterocycles. The Labute approximate surface area is 227 Å². The van der Waals surface area contributed by atoms with Crippen LogP contribution in [0, 0.1) is 18.6 Å². The number of thioether (sulfide) groups is 1. The molecule has 2 N–H and O–H groups in total. The number of hydrogen-bond donors (Lipinski definition) is 2. The molecule has 4 aromatic rings. The quantitative estimate of drug-likeness (QED) is 0.261. The maximum Gasteiger partial charge on any atom is 0.283 e. The maximum absolute atomic E-state index is 13.5. The molecule has 0 atom stereocenters. The van der Waals surface area contributed by atoms with E-state index in [2.05, 4.69) is 10.6 Å². The zero-order chi connectivity index (χ0) is 27.5. The number of nitrogens with zero attached hydrogens (tertiary/aromatic N) is 1. The summed E-state index contributed by atoms with van der Waals surface area (Å²) in [6.07, 6.45) is 0. The van der Waals surface area contributed by atoms with Gasteiger partial charge in [0.25, 0.3) is 17.7 Å². The molecule has 0 unspecified atom stereocenters. The van der Waals surface area contributed by atoms with E-state index in [0.717, 1.165) is 22.2 Å². The van der Waals surface area contributed by atoms with E-state index in [9.17, 15) is 23.2 Å². The van der Waals surface area contributed by atoms with Gasteiger partial charge in [0.1, 0.15) is 22.2 Å². The van der Waals surface area contributed by atoms with Gasteiger partial charge in [-0.05, 0) is 91.9 Å². The Morgan fingerprint density at radius 1 is 0.718 bits per heavy atom. The van der Waals surface area contributed by atoms with Crippen LogP contribution in [0.4, 0.5) is 25.8 Å². The van der Waals surface area contributed by atoms with Gasteiger partial charge < -0.3 is 10.6 Å². The number of imide groups is 1. The van der Waals surface area contributed by atoms with Crippen molar-refractivity contribution in [1.29, 1.82) is 0 Å². The summed E-state index contributed by atoms with van der Waals surface area (Å²) < 4.78 is 26.6. The maximum atomic E-state index is 13.5. The summed E-state index contributed by atoms with van der Waals surface area (Å²) in [6, 6.07) is 24.4. The molecule has 0 saturated heterocycles. The van der Waals surface area contributed by atoms with Crippen LogP contribution >= 0.6 is 11.8 Å². The lowest BCUT2D eigenvalue weighted by Crippen LogP contribution is -2.32. The molecule has 39 heavy (non-hydrogen) atoms. The normalized spacial score (nSPS) is 13.2. The van der Waals surface area contributed by atoms with E-state index in [0.29, 0.717) is 21.8 Å². The lowest BCUT2D eigenvalue weighted by molar-refractivity contribution is -0.120. The number of nitrogens with one attached hydrogen (secondary N) is 2. The highest BCUT2D eigenvalue weighted by atomic mass is 32.2. The smallest absolute Gasteiger partial charge is 0.283 e. The van der Waals surface area contributed by atoms with Gasteiger partial charge in [-0.15, -0.1) is 0 Å². The van der Waals surface area contributed by atoms with Crippen molar-refractivity contribution in [3.63, 3.8) is 0 Å². The molecule has 0 bridgehead atoms. The first-order valence-corrected chi connectivity index (χ1v) is 12.7. The first kappa shape index (κ1) is 25.9. The zero-order valence-corrected chi connectivity index (χ0v) is 21.4. The second kappa shape index (κ2) is 10.9. The number of benzene rings is 4. The Balaban J connectivity index is 1.40. The fourth-order valence-electron chi connectivity index (χ4n) is 3.85. The fourth-order valence-corrected chi connectivity index (χ4v) is 4.78. The van der Waals surface area contributed by atoms with Crippen molar-refractivity contribution in [1.82, 2.24) is 0 Å². The lowest BCUT2D eigenvalue weighted by atomic mass is 10.2. The molecule has 1 aliphatic heterocycles. The van der Waals surface area contributed by atoms with Crippen LogP contribution in [-0.2, 0) is 9.59 Å². The van der Waals surface area contributed by atoms with Gasteiger partial charge in [0, 0.05) is 21.8 Å². The molecule has 3 amide bonds. The van der Waals surface area contributed by atoms with Crippen LogP contribution in [0.2, 0.25) is 0 Å². The number of aryl methyl sites for hydroxylation is 1. The minimum atomic E-state index is -0.558. The molecule has 6 nitrogen and oxygen atoms in total. The fraction of sp³-hybridized carbons (Fsp3) is 0.0333. The molecule has 194 valence electrons. The number of hydrogen-bond acceptors (Lipinski definition) is 5. The third-order valence-electron chi connectivity index (χ3n) is 5.89. The summed E-state index contributed by atoms with van der Waals surface area (Å²) in [7, 11) is 0. The van der Waals surface area contributed by atoms with E-state index >= 15 is 0 Å². The van der Waals surface area contributed by atoms with Crippen LogP contribution < -0.4 is 15.5 Å². The van der Waals surface area contributed by atoms with Gasteiger partial charge in [0.05, 0.1) is 5.69 Å². The van der Waals surface area contributed by atoms with Crippen LogP contribution in [-0.4, -0.2) is 17.7 Å². The first-order valence-electron chi connectivity index (χ1n) is 11.9.